The second-order valence-electron chi connectivity index (χ2n) is 8.57. The molecular formula is C28H22ClNO5. The Balaban J connectivity index is 1.46. The molecule has 5 rings (SSSR count). The van der Waals surface area contributed by atoms with Crippen LogP contribution in [0.3, 0.4) is 0 Å². The lowest BCUT2D eigenvalue weighted by molar-refractivity contribution is -0.117. The zero-order chi connectivity index (χ0) is 24.4. The van der Waals surface area contributed by atoms with Gasteiger partial charge in [0.25, 0.3) is 0 Å². The molecule has 1 unspecified atom stereocenters. The topological polar surface area (TPSA) is 81.7 Å². The minimum Gasteiger partial charge on any atom is -0.454 e. The number of fused-ring (bicyclic) bond motifs is 2. The highest BCUT2D eigenvalue weighted by atomic mass is 35.5. The quantitative estimate of drug-likeness (QED) is 0.371. The highest BCUT2D eigenvalue weighted by Gasteiger charge is 2.30. The number of rotatable bonds is 5. The van der Waals surface area contributed by atoms with Crippen LogP contribution >= 0.6 is 11.6 Å². The summed E-state index contributed by atoms with van der Waals surface area (Å²) in [6, 6.07) is 19.0. The molecule has 1 amide bonds. The summed E-state index contributed by atoms with van der Waals surface area (Å²) in [4.78, 5) is 39.6. The van der Waals surface area contributed by atoms with Gasteiger partial charge in [-0.2, -0.15) is 0 Å². The molecule has 176 valence electrons. The van der Waals surface area contributed by atoms with Gasteiger partial charge in [0.1, 0.15) is 0 Å². The van der Waals surface area contributed by atoms with Crippen molar-refractivity contribution in [3.05, 3.63) is 100 Å². The molecule has 0 fully saturated rings. The van der Waals surface area contributed by atoms with Crippen molar-refractivity contribution < 1.29 is 23.9 Å². The molecule has 0 aromatic heterocycles. The Morgan fingerprint density at radius 1 is 0.971 bits per heavy atom. The van der Waals surface area contributed by atoms with E-state index in [1.165, 1.54) is 0 Å². The number of benzene rings is 3. The summed E-state index contributed by atoms with van der Waals surface area (Å²) in [5, 5.41) is 3.48. The number of halogens is 1. The molecular weight excluding hydrogens is 466 g/mol. The van der Waals surface area contributed by atoms with Gasteiger partial charge in [-0.25, -0.2) is 0 Å². The molecule has 1 atom stereocenters. The van der Waals surface area contributed by atoms with E-state index in [1.807, 2.05) is 6.07 Å². The maximum atomic E-state index is 13.5. The predicted octanol–water partition coefficient (Wildman–Crippen LogP) is 5.65. The van der Waals surface area contributed by atoms with Gasteiger partial charge in [0.15, 0.2) is 23.1 Å². The zero-order valence-corrected chi connectivity index (χ0v) is 19.5. The van der Waals surface area contributed by atoms with Crippen molar-refractivity contribution in [3.8, 4) is 11.5 Å². The van der Waals surface area contributed by atoms with Gasteiger partial charge in [-0.15, -0.1) is 0 Å². The summed E-state index contributed by atoms with van der Waals surface area (Å²) in [6.45, 7) is 0.0744. The third kappa shape index (κ3) is 4.98. The smallest absolute Gasteiger partial charge is 0.231 e. The van der Waals surface area contributed by atoms with Crippen LogP contribution in [0.1, 0.15) is 39.1 Å². The highest BCUT2D eigenvalue weighted by molar-refractivity contribution is 6.31. The highest BCUT2D eigenvalue weighted by Crippen LogP contribution is 2.38. The molecule has 6 nitrogen and oxygen atoms in total. The van der Waals surface area contributed by atoms with Gasteiger partial charge in [-0.3, -0.25) is 14.4 Å². The molecule has 0 radical (unpaired) electrons. The van der Waals surface area contributed by atoms with E-state index < -0.39 is 0 Å². The number of ketones is 2. The van der Waals surface area contributed by atoms with Crippen molar-refractivity contribution in [1.82, 2.24) is 0 Å². The largest absolute Gasteiger partial charge is 0.454 e. The number of ether oxygens (including phenoxy) is 2. The van der Waals surface area contributed by atoms with Gasteiger partial charge in [0.05, 0.1) is 5.57 Å². The maximum absolute atomic E-state index is 13.5. The van der Waals surface area contributed by atoms with Crippen molar-refractivity contribution in [1.29, 1.82) is 0 Å². The third-order valence-corrected chi connectivity index (χ3v) is 6.39. The van der Waals surface area contributed by atoms with E-state index in [4.69, 9.17) is 21.1 Å². The molecule has 1 aliphatic heterocycles. The number of nitrogens with one attached hydrogen (secondary N) is 1. The molecule has 1 N–H and O–H groups in total. The molecule has 35 heavy (non-hydrogen) atoms. The fourth-order valence-electron chi connectivity index (χ4n) is 4.38. The number of allylic oxidation sites excluding steroid dienone is 2. The van der Waals surface area contributed by atoms with E-state index >= 15 is 0 Å². The first kappa shape index (κ1) is 22.9. The van der Waals surface area contributed by atoms with Crippen LogP contribution in [0.2, 0.25) is 5.02 Å². The SMILES string of the molecule is O=C(CC1CC=C(C(=O)c2ccccc2)C(=O)c2cc3c(cc2C1)OCO3)Nc1ccc(Cl)cc1. The van der Waals surface area contributed by atoms with Crippen LogP contribution in [-0.4, -0.2) is 24.3 Å². The summed E-state index contributed by atoms with van der Waals surface area (Å²) >= 11 is 5.93. The fraction of sp³-hybridized carbons (Fsp3) is 0.179. The molecule has 2 aliphatic rings. The predicted molar refractivity (Wildman–Crippen MR) is 132 cm³/mol. The molecule has 0 saturated carbocycles. The van der Waals surface area contributed by atoms with Gasteiger partial charge in [0.2, 0.25) is 12.7 Å². The molecule has 3 aromatic carbocycles. The standard InChI is InChI=1S/C28H22ClNO5/c29-20-7-9-21(10-8-20)30-26(31)13-17-6-11-22(27(32)18-4-2-1-3-5-18)28(33)23-15-25-24(34-16-35-25)14-19(23)12-17/h1-5,7-11,14-15,17H,6,12-13,16H2,(H,30,31). The van der Waals surface area contributed by atoms with Gasteiger partial charge in [-0.1, -0.05) is 48.0 Å². The van der Waals surface area contributed by atoms with Crippen molar-refractivity contribution in [2.45, 2.75) is 19.3 Å². The number of hydrogen-bond donors (Lipinski definition) is 1. The maximum Gasteiger partial charge on any atom is 0.231 e. The molecule has 1 heterocycles. The lowest BCUT2D eigenvalue weighted by atomic mass is 9.82. The summed E-state index contributed by atoms with van der Waals surface area (Å²) in [6.07, 6.45) is 2.77. The van der Waals surface area contributed by atoms with E-state index in [-0.39, 0.29) is 42.2 Å². The van der Waals surface area contributed by atoms with Crippen molar-refractivity contribution in [2.75, 3.05) is 12.1 Å². The van der Waals surface area contributed by atoms with Crippen molar-refractivity contribution >= 4 is 34.8 Å². The second kappa shape index (κ2) is 9.76. The van der Waals surface area contributed by atoms with E-state index in [0.717, 1.165) is 5.56 Å². The van der Waals surface area contributed by atoms with Crippen LogP contribution in [-0.2, 0) is 11.2 Å². The van der Waals surface area contributed by atoms with Crippen molar-refractivity contribution in [2.24, 2.45) is 5.92 Å². The van der Waals surface area contributed by atoms with Crippen LogP contribution in [0.4, 0.5) is 5.69 Å². The number of amides is 1. The van der Waals surface area contributed by atoms with Gasteiger partial charge in [-0.05, 0) is 60.7 Å². The Hall–Kier alpha value is -3.90. The average molecular weight is 488 g/mol. The summed E-state index contributed by atoms with van der Waals surface area (Å²) in [5.41, 5.74) is 2.31. The number of hydrogen-bond acceptors (Lipinski definition) is 5. The lowest BCUT2D eigenvalue weighted by Crippen LogP contribution is -2.22. The molecule has 0 spiro atoms. The monoisotopic (exact) mass is 487 g/mol. The van der Waals surface area contributed by atoms with E-state index in [2.05, 4.69) is 5.32 Å². The minimum atomic E-state index is -0.351. The molecule has 7 heteroatoms. The summed E-state index contributed by atoms with van der Waals surface area (Å²) < 4.78 is 11.0. The minimum absolute atomic E-state index is 0.0744. The van der Waals surface area contributed by atoms with Crippen LogP contribution in [0.25, 0.3) is 0 Å². The first-order valence-electron chi connectivity index (χ1n) is 11.3. The second-order valence-corrected chi connectivity index (χ2v) is 9.01. The number of carbonyl (C=O) groups excluding carboxylic acids is 3. The van der Waals surface area contributed by atoms with Crippen molar-refractivity contribution in [3.63, 3.8) is 0 Å². The van der Waals surface area contributed by atoms with Crippen LogP contribution in [0.15, 0.2) is 78.4 Å². The number of carbonyl (C=O) groups is 3. The fourth-order valence-corrected chi connectivity index (χ4v) is 4.51. The first-order chi connectivity index (χ1) is 17.0. The Labute approximate surface area is 207 Å². The van der Waals surface area contributed by atoms with Crippen LogP contribution in [0.5, 0.6) is 11.5 Å². The molecule has 3 aromatic rings. The van der Waals surface area contributed by atoms with E-state index in [0.29, 0.717) is 46.2 Å². The van der Waals surface area contributed by atoms with Gasteiger partial charge in [0, 0.05) is 28.3 Å². The van der Waals surface area contributed by atoms with Crippen LogP contribution in [0, 0.1) is 5.92 Å². The Morgan fingerprint density at radius 3 is 2.43 bits per heavy atom. The molecule has 0 saturated heterocycles. The number of Topliss-reactive ketones (excluding diaryl/α,β-unsaturated/α-hetero) is 2. The van der Waals surface area contributed by atoms with Gasteiger partial charge < -0.3 is 14.8 Å². The lowest BCUT2D eigenvalue weighted by Gasteiger charge is -2.21. The zero-order valence-electron chi connectivity index (χ0n) is 18.8. The first-order valence-corrected chi connectivity index (χ1v) is 11.7. The summed E-state index contributed by atoms with van der Waals surface area (Å²) in [5.74, 6) is 0.0493. The summed E-state index contributed by atoms with van der Waals surface area (Å²) in [7, 11) is 0. The Bertz CT molecular complexity index is 1330. The average Bonchev–Trinajstić information content (AvgIpc) is 3.32. The Kier molecular flexibility index (Phi) is 6.38. The normalized spacial score (nSPS) is 16.5. The third-order valence-electron chi connectivity index (χ3n) is 6.13. The van der Waals surface area contributed by atoms with Gasteiger partial charge >= 0.3 is 0 Å². The van der Waals surface area contributed by atoms with E-state index in [9.17, 15) is 14.4 Å². The van der Waals surface area contributed by atoms with E-state index in [1.54, 1.807) is 66.7 Å². The molecule has 1 aliphatic carbocycles. The Morgan fingerprint density at radius 2 is 1.69 bits per heavy atom. The molecule has 0 bridgehead atoms. The van der Waals surface area contributed by atoms with Crippen LogP contribution < -0.4 is 14.8 Å². The number of anilines is 1.